The summed E-state index contributed by atoms with van der Waals surface area (Å²) in [5.41, 5.74) is 0.814. The van der Waals surface area contributed by atoms with Crippen molar-refractivity contribution < 1.29 is 33.6 Å². The predicted molar refractivity (Wildman–Crippen MR) is 105 cm³/mol. The minimum Gasteiger partial charge on any atom is -0.507 e. The average Bonchev–Trinajstić information content (AvgIpc) is 2.73. The van der Waals surface area contributed by atoms with Gasteiger partial charge in [0, 0.05) is 29.0 Å². The Morgan fingerprint density at radius 1 is 0.793 bits per heavy atom. The van der Waals surface area contributed by atoms with Gasteiger partial charge in [0.1, 0.15) is 5.75 Å². The van der Waals surface area contributed by atoms with Crippen molar-refractivity contribution in [3.8, 4) is 5.75 Å². The summed E-state index contributed by atoms with van der Waals surface area (Å²) in [5.74, 6) is -0.717. The SMILES string of the molecule is COCCOCCOCCOCCN1C(=O)c2cccc3c(O)ccc(c23)C1=O. The predicted octanol–water partition coefficient (Wildman–Crippen LogP) is 1.84. The highest BCUT2D eigenvalue weighted by Crippen LogP contribution is 2.34. The summed E-state index contributed by atoms with van der Waals surface area (Å²) in [4.78, 5) is 26.7. The molecule has 2 aromatic rings. The molecule has 156 valence electrons. The highest BCUT2D eigenvalue weighted by Gasteiger charge is 2.32. The first-order valence-electron chi connectivity index (χ1n) is 9.48. The van der Waals surface area contributed by atoms with Crippen LogP contribution in [-0.4, -0.2) is 81.7 Å². The topological polar surface area (TPSA) is 94.5 Å². The summed E-state index contributed by atoms with van der Waals surface area (Å²) >= 11 is 0. The Hall–Kier alpha value is -2.52. The molecule has 2 amide bonds. The molecule has 8 nitrogen and oxygen atoms in total. The van der Waals surface area contributed by atoms with E-state index in [2.05, 4.69) is 0 Å². The van der Waals surface area contributed by atoms with Gasteiger partial charge in [-0.2, -0.15) is 0 Å². The van der Waals surface area contributed by atoms with Gasteiger partial charge in [-0.1, -0.05) is 12.1 Å². The van der Waals surface area contributed by atoms with Crippen molar-refractivity contribution in [2.24, 2.45) is 0 Å². The van der Waals surface area contributed by atoms with Crippen LogP contribution in [-0.2, 0) is 18.9 Å². The van der Waals surface area contributed by atoms with Gasteiger partial charge in [-0.15, -0.1) is 0 Å². The van der Waals surface area contributed by atoms with E-state index in [0.29, 0.717) is 61.5 Å². The van der Waals surface area contributed by atoms with E-state index in [-0.39, 0.29) is 30.7 Å². The fourth-order valence-electron chi connectivity index (χ4n) is 3.17. The zero-order valence-electron chi connectivity index (χ0n) is 16.4. The molecule has 0 bridgehead atoms. The zero-order chi connectivity index (χ0) is 20.6. The fraction of sp³-hybridized carbons (Fsp3) is 0.429. The molecule has 0 saturated heterocycles. The lowest BCUT2D eigenvalue weighted by atomic mass is 9.93. The molecule has 2 aromatic carbocycles. The number of aromatic hydroxyl groups is 1. The Labute approximate surface area is 168 Å². The second-order valence-corrected chi connectivity index (χ2v) is 6.45. The summed E-state index contributed by atoms with van der Waals surface area (Å²) in [6.07, 6.45) is 0. The average molecular weight is 403 g/mol. The summed E-state index contributed by atoms with van der Waals surface area (Å²) in [6, 6.07) is 8.07. The molecule has 1 heterocycles. The lowest BCUT2D eigenvalue weighted by Crippen LogP contribution is -2.42. The summed E-state index contributed by atoms with van der Waals surface area (Å²) in [5, 5.41) is 11.0. The van der Waals surface area contributed by atoms with Gasteiger partial charge in [0.2, 0.25) is 0 Å². The number of benzene rings is 2. The zero-order valence-corrected chi connectivity index (χ0v) is 16.4. The van der Waals surface area contributed by atoms with E-state index >= 15 is 0 Å². The smallest absolute Gasteiger partial charge is 0.261 e. The molecule has 1 aliphatic heterocycles. The Morgan fingerprint density at radius 2 is 1.38 bits per heavy atom. The normalized spacial score (nSPS) is 13.5. The van der Waals surface area contributed by atoms with Crippen LogP contribution in [0, 0.1) is 0 Å². The molecule has 0 atom stereocenters. The van der Waals surface area contributed by atoms with E-state index in [0.717, 1.165) is 0 Å². The van der Waals surface area contributed by atoms with E-state index in [1.807, 2.05) is 0 Å². The van der Waals surface area contributed by atoms with Crippen molar-refractivity contribution in [2.45, 2.75) is 0 Å². The van der Waals surface area contributed by atoms with E-state index in [4.69, 9.17) is 18.9 Å². The van der Waals surface area contributed by atoms with Gasteiger partial charge in [0.25, 0.3) is 11.8 Å². The molecule has 0 fully saturated rings. The lowest BCUT2D eigenvalue weighted by molar-refractivity contribution is 0.00148. The number of hydrogen-bond acceptors (Lipinski definition) is 7. The van der Waals surface area contributed by atoms with Crippen molar-refractivity contribution in [3.05, 3.63) is 41.5 Å². The number of imide groups is 1. The van der Waals surface area contributed by atoms with Gasteiger partial charge < -0.3 is 24.1 Å². The highest BCUT2D eigenvalue weighted by molar-refractivity contribution is 6.26. The van der Waals surface area contributed by atoms with Crippen LogP contribution >= 0.6 is 0 Å². The highest BCUT2D eigenvalue weighted by atomic mass is 16.6. The Kier molecular flexibility index (Phi) is 7.54. The van der Waals surface area contributed by atoms with Crippen molar-refractivity contribution >= 4 is 22.6 Å². The van der Waals surface area contributed by atoms with Crippen molar-refractivity contribution in [2.75, 3.05) is 59.9 Å². The number of phenols is 1. The minimum absolute atomic E-state index is 0.0482. The number of carbonyl (C=O) groups excluding carboxylic acids is 2. The maximum Gasteiger partial charge on any atom is 0.261 e. The molecule has 0 aromatic heterocycles. The molecule has 1 N–H and O–H groups in total. The monoisotopic (exact) mass is 403 g/mol. The standard InChI is InChI=1S/C21H25NO7/c1-26-9-10-28-13-14-29-12-11-27-8-7-22-20(24)16-4-2-3-15-18(23)6-5-17(19(15)16)21(22)25/h2-6,23H,7-14H2,1H3. The van der Waals surface area contributed by atoms with E-state index in [9.17, 15) is 14.7 Å². The minimum atomic E-state index is -0.383. The number of ether oxygens (including phenoxy) is 4. The second kappa shape index (κ2) is 10.3. The largest absolute Gasteiger partial charge is 0.507 e. The van der Waals surface area contributed by atoms with Crippen LogP contribution in [0.2, 0.25) is 0 Å². The van der Waals surface area contributed by atoms with Crippen LogP contribution < -0.4 is 0 Å². The number of rotatable bonds is 12. The molecular formula is C21H25NO7. The molecule has 8 heteroatoms. The molecule has 29 heavy (non-hydrogen) atoms. The summed E-state index contributed by atoms with van der Waals surface area (Å²) < 4.78 is 21.0. The quantitative estimate of drug-likeness (QED) is 0.427. The first-order chi connectivity index (χ1) is 14.1. The third-order valence-corrected chi connectivity index (χ3v) is 4.60. The van der Waals surface area contributed by atoms with Crippen molar-refractivity contribution in [1.29, 1.82) is 0 Å². The van der Waals surface area contributed by atoms with Gasteiger partial charge >= 0.3 is 0 Å². The number of phenolic OH excluding ortho intramolecular Hbond substituents is 1. The number of hydrogen-bond donors (Lipinski definition) is 1. The fourth-order valence-corrected chi connectivity index (χ4v) is 3.17. The Bertz CT molecular complexity index is 845. The molecule has 3 rings (SSSR count). The number of amides is 2. The van der Waals surface area contributed by atoms with Crippen LogP contribution in [0.3, 0.4) is 0 Å². The van der Waals surface area contributed by atoms with Gasteiger partial charge in [0.05, 0.1) is 52.8 Å². The van der Waals surface area contributed by atoms with Gasteiger partial charge in [-0.25, -0.2) is 0 Å². The third kappa shape index (κ3) is 4.91. The second-order valence-electron chi connectivity index (χ2n) is 6.45. The van der Waals surface area contributed by atoms with Gasteiger partial charge in [-0.05, 0) is 18.2 Å². The Morgan fingerprint density at radius 3 is 2.03 bits per heavy atom. The van der Waals surface area contributed by atoms with Crippen LogP contribution in [0.5, 0.6) is 5.75 Å². The number of methoxy groups -OCH3 is 1. The van der Waals surface area contributed by atoms with Crippen LogP contribution in [0.1, 0.15) is 20.7 Å². The van der Waals surface area contributed by atoms with Crippen molar-refractivity contribution in [3.63, 3.8) is 0 Å². The van der Waals surface area contributed by atoms with Crippen LogP contribution in [0.4, 0.5) is 0 Å². The van der Waals surface area contributed by atoms with Crippen LogP contribution in [0.15, 0.2) is 30.3 Å². The lowest BCUT2D eigenvalue weighted by Gasteiger charge is -2.27. The molecule has 0 saturated carbocycles. The molecular weight excluding hydrogens is 378 g/mol. The molecule has 0 unspecified atom stereocenters. The maximum absolute atomic E-state index is 12.8. The van der Waals surface area contributed by atoms with Crippen molar-refractivity contribution in [1.82, 2.24) is 4.90 Å². The summed E-state index contributed by atoms with van der Waals surface area (Å²) in [6.45, 7) is 3.15. The molecule has 1 aliphatic rings. The Balaban J connectivity index is 1.45. The molecule has 0 radical (unpaired) electrons. The van der Waals surface area contributed by atoms with Gasteiger partial charge in [0.15, 0.2) is 0 Å². The first kappa shape index (κ1) is 21.2. The van der Waals surface area contributed by atoms with E-state index in [1.165, 1.54) is 11.0 Å². The third-order valence-electron chi connectivity index (χ3n) is 4.60. The molecule has 0 aliphatic carbocycles. The van der Waals surface area contributed by atoms with Gasteiger partial charge in [-0.3, -0.25) is 14.5 Å². The molecule has 0 spiro atoms. The van der Waals surface area contributed by atoms with E-state index in [1.54, 1.807) is 31.4 Å². The van der Waals surface area contributed by atoms with E-state index < -0.39 is 0 Å². The maximum atomic E-state index is 12.8. The number of nitrogens with zero attached hydrogens (tertiary/aromatic N) is 1. The number of carbonyl (C=O) groups is 2. The first-order valence-corrected chi connectivity index (χ1v) is 9.48. The van der Waals surface area contributed by atoms with Crippen LogP contribution in [0.25, 0.3) is 10.8 Å². The summed E-state index contributed by atoms with van der Waals surface area (Å²) in [7, 11) is 1.62.